The molecule has 1 amide bonds. The number of nitrogens with one attached hydrogen (secondary N) is 1. The maximum atomic E-state index is 12.3. The Bertz CT molecular complexity index is 671. The van der Waals surface area contributed by atoms with Crippen LogP contribution in [0.3, 0.4) is 0 Å². The summed E-state index contributed by atoms with van der Waals surface area (Å²) in [4.78, 5) is 12.8. The predicted octanol–water partition coefficient (Wildman–Crippen LogP) is 5.20. The van der Waals surface area contributed by atoms with Crippen molar-refractivity contribution in [1.29, 1.82) is 0 Å². The van der Waals surface area contributed by atoms with Crippen LogP contribution in [0.2, 0.25) is 5.02 Å². The zero-order valence-corrected chi connectivity index (χ0v) is 15.7. The van der Waals surface area contributed by atoms with Crippen LogP contribution in [0.5, 0.6) is 11.5 Å². The molecule has 1 aromatic carbocycles. The van der Waals surface area contributed by atoms with Gasteiger partial charge in [0, 0.05) is 16.6 Å². The minimum atomic E-state index is -0.242. The summed E-state index contributed by atoms with van der Waals surface area (Å²) in [5.74, 6) is 0.680. The van der Waals surface area contributed by atoms with E-state index >= 15 is 0 Å². The number of halogens is 3. The summed E-state index contributed by atoms with van der Waals surface area (Å²) < 4.78 is 12.1. The molecule has 0 spiro atoms. The van der Waals surface area contributed by atoms with E-state index in [4.69, 9.17) is 21.1 Å². The van der Waals surface area contributed by atoms with Gasteiger partial charge in [-0.3, -0.25) is 4.79 Å². The molecule has 21 heavy (non-hydrogen) atoms. The number of rotatable bonds is 4. The van der Waals surface area contributed by atoms with E-state index < -0.39 is 0 Å². The number of carbonyl (C=O) groups excluding carboxylic acids is 1. The lowest BCUT2D eigenvalue weighted by Gasteiger charge is -2.12. The zero-order chi connectivity index (χ0) is 15.6. The Balaban J connectivity index is 2.31. The maximum Gasteiger partial charge on any atom is 0.265 e. The third-order valence-corrected chi connectivity index (χ3v) is 6.14. The van der Waals surface area contributed by atoms with Gasteiger partial charge >= 0.3 is 0 Å². The summed E-state index contributed by atoms with van der Waals surface area (Å²) >= 11 is 14.1. The SMILES string of the molecule is COc1cc(NC(=O)c2cc(Br)c(Br)s2)c(OC)cc1Cl. The topological polar surface area (TPSA) is 47.6 Å². The molecule has 2 rings (SSSR count). The Morgan fingerprint density at radius 1 is 1.19 bits per heavy atom. The summed E-state index contributed by atoms with van der Waals surface area (Å²) in [5.41, 5.74) is 0.490. The van der Waals surface area contributed by atoms with Crippen LogP contribution in [0.25, 0.3) is 0 Å². The first-order chi connectivity index (χ1) is 9.96. The van der Waals surface area contributed by atoms with Gasteiger partial charge in [-0.1, -0.05) is 11.6 Å². The second-order valence-electron chi connectivity index (χ2n) is 3.87. The van der Waals surface area contributed by atoms with Gasteiger partial charge in [0.1, 0.15) is 11.5 Å². The van der Waals surface area contributed by atoms with Crippen LogP contribution >= 0.6 is 54.8 Å². The molecular weight excluding hydrogens is 445 g/mol. The van der Waals surface area contributed by atoms with Crippen LogP contribution in [-0.2, 0) is 0 Å². The molecule has 2 aromatic rings. The summed E-state index contributed by atoms with van der Waals surface area (Å²) in [6.45, 7) is 0. The summed E-state index contributed by atoms with van der Waals surface area (Å²) in [5, 5.41) is 3.20. The lowest BCUT2D eigenvalue weighted by atomic mass is 10.2. The summed E-state index contributed by atoms with van der Waals surface area (Å²) in [7, 11) is 3.01. The number of hydrogen-bond acceptors (Lipinski definition) is 4. The second kappa shape index (κ2) is 7.00. The summed E-state index contributed by atoms with van der Waals surface area (Å²) in [6, 6.07) is 4.96. The molecule has 0 bridgehead atoms. The zero-order valence-electron chi connectivity index (χ0n) is 11.0. The lowest BCUT2D eigenvalue weighted by molar-refractivity contribution is 0.103. The molecular formula is C13H10Br2ClNO3S. The first-order valence-electron chi connectivity index (χ1n) is 5.64. The van der Waals surface area contributed by atoms with Gasteiger partial charge in [-0.2, -0.15) is 0 Å². The Morgan fingerprint density at radius 2 is 1.86 bits per heavy atom. The van der Waals surface area contributed by atoms with Crippen LogP contribution in [0.1, 0.15) is 9.67 Å². The molecule has 0 aliphatic carbocycles. The number of ether oxygens (including phenoxy) is 2. The minimum Gasteiger partial charge on any atom is -0.495 e. The molecule has 0 atom stereocenters. The molecule has 0 saturated carbocycles. The highest BCUT2D eigenvalue weighted by molar-refractivity contribution is 9.13. The third kappa shape index (κ3) is 3.71. The fourth-order valence-corrected chi connectivity index (χ4v) is 3.76. The second-order valence-corrected chi connectivity index (χ2v) is 7.51. The fourth-order valence-electron chi connectivity index (χ4n) is 1.60. The molecule has 0 saturated heterocycles. The molecule has 8 heteroatoms. The van der Waals surface area contributed by atoms with E-state index in [1.54, 1.807) is 18.2 Å². The maximum absolute atomic E-state index is 12.3. The van der Waals surface area contributed by atoms with Gasteiger partial charge in [0.15, 0.2) is 0 Å². The Labute approximate surface area is 147 Å². The van der Waals surface area contributed by atoms with Crippen molar-refractivity contribution in [3.8, 4) is 11.5 Å². The van der Waals surface area contributed by atoms with Gasteiger partial charge in [0.05, 0.1) is 33.6 Å². The van der Waals surface area contributed by atoms with E-state index in [1.165, 1.54) is 25.6 Å². The van der Waals surface area contributed by atoms with E-state index in [1.807, 2.05) is 0 Å². The van der Waals surface area contributed by atoms with Crippen molar-refractivity contribution in [3.05, 3.63) is 36.4 Å². The van der Waals surface area contributed by atoms with Crippen molar-refractivity contribution in [1.82, 2.24) is 0 Å². The molecule has 1 N–H and O–H groups in total. The lowest BCUT2D eigenvalue weighted by Crippen LogP contribution is -2.11. The standard InChI is InChI=1S/C13H10Br2ClNO3S/c1-19-9-5-8(10(20-2)4-7(9)16)17-13(18)11-3-6(14)12(15)21-11/h3-5H,1-2H3,(H,17,18). The average Bonchev–Trinajstić information content (AvgIpc) is 2.80. The highest BCUT2D eigenvalue weighted by Crippen LogP contribution is 2.37. The molecule has 1 heterocycles. The normalized spacial score (nSPS) is 10.3. The number of amides is 1. The van der Waals surface area contributed by atoms with E-state index in [9.17, 15) is 4.79 Å². The number of hydrogen-bond donors (Lipinski definition) is 1. The number of anilines is 1. The van der Waals surface area contributed by atoms with Crippen molar-refractivity contribution in [3.63, 3.8) is 0 Å². The fraction of sp³-hybridized carbons (Fsp3) is 0.154. The largest absolute Gasteiger partial charge is 0.495 e. The van der Waals surface area contributed by atoms with Crippen molar-refractivity contribution >= 4 is 66.4 Å². The number of thiophene rings is 1. The quantitative estimate of drug-likeness (QED) is 0.690. The molecule has 112 valence electrons. The van der Waals surface area contributed by atoms with Gasteiger partial charge in [-0.05, 0) is 37.9 Å². The highest BCUT2D eigenvalue weighted by Gasteiger charge is 2.16. The van der Waals surface area contributed by atoms with Crippen LogP contribution in [0.15, 0.2) is 26.5 Å². The van der Waals surface area contributed by atoms with Crippen molar-refractivity contribution in [2.75, 3.05) is 19.5 Å². The first kappa shape index (κ1) is 16.6. The van der Waals surface area contributed by atoms with Crippen LogP contribution < -0.4 is 14.8 Å². The van der Waals surface area contributed by atoms with Crippen molar-refractivity contribution < 1.29 is 14.3 Å². The van der Waals surface area contributed by atoms with Gasteiger partial charge in [0.25, 0.3) is 5.91 Å². The predicted molar refractivity (Wildman–Crippen MR) is 92.2 cm³/mol. The first-order valence-corrected chi connectivity index (χ1v) is 8.42. The van der Waals surface area contributed by atoms with Crippen molar-refractivity contribution in [2.24, 2.45) is 0 Å². The number of methoxy groups -OCH3 is 2. The van der Waals surface area contributed by atoms with E-state index in [0.717, 1.165) is 8.26 Å². The molecule has 1 aromatic heterocycles. The number of carbonyl (C=O) groups is 1. The van der Waals surface area contributed by atoms with Gasteiger partial charge in [0.2, 0.25) is 0 Å². The van der Waals surface area contributed by atoms with Crippen molar-refractivity contribution in [2.45, 2.75) is 0 Å². The highest BCUT2D eigenvalue weighted by atomic mass is 79.9. The molecule has 0 aliphatic rings. The minimum absolute atomic E-state index is 0.242. The van der Waals surface area contributed by atoms with E-state index in [2.05, 4.69) is 37.2 Å². The van der Waals surface area contributed by atoms with Crippen LogP contribution in [-0.4, -0.2) is 20.1 Å². The van der Waals surface area contributed by atoms with Crippen LogP contribution in [0, 0.1) is 0 Å². The average molecular weight is 456 g/mol. The Morgan fingerprint density at radius 3 is 2.38 bits per heavy atom. The third-order valence-electron chi connectivity index (χ3n) is 2.59. The molecule has 0 fully saturated rings. The molecule has 4 nitrogen and oxygen atoms in total. The van der Waals surface area contributed by atoms with Gasteiger partial charge in [-0.25, -0.2) is 0 Å². The van der Waals surface area contributed by atoms with E-state index in [0.29, 0.717) is 27.1 Å². The molecule has 0 unspecified atom stereocenters. The Kier molecular flexibility index (Phi) is 5.54. The van der Waals surface area contributed by atoms with Gasteiger partial charge in [-0.15, -0.1) is 11.3 Å². The smallest absolute Gasteiger partial charge is 0.265 e. The number of benzene rings is 1. The van der Waals surface area contributed by atoms with Gasteiger partial charge < -0.3 is 14.8 Å². The molecule has 0 radical (unpaired) electrons. The Hall–Kier alpha value is -0.760. The monoisotopic (exact) mass is 453 g/mol. The summed E-state index contributed by atoms with van der Waals surface area (Å²) in [6.07, 6.45) is 0. The molecule has 0 aliphatic heterocycles. The van der Waals surface area contributed by atoms with Crippen LogP contribution in [0.4, 0.5) is 5.69 Å². The van der Waals surface area contributed by atoms with E-state index in [-0.39, 0.29) is 5.91 Å².